The molecule has 0 fully saturated rings. The molecule has 0 spiro atoms. The van der Waals surface area contributed by atoms with Crippen LogP contribution in [0.1, 0.15) is 43.3 Å². The topological polar surface area (TPSA) is 47.8 Å². The van der Waals surface area contributed by atoms with E-state index in [0.29, 0.717) is 5.16 Å². The number of hydrogen-bond acceptors (Lipinski definition) is 3. The van der Waals surface area contributed by atoms with E-state index < -0.39 is 10.8 Å². The quantitative estimate of drug-likeness (QED) is 0.863. The molecule has 5 heteroatoms. The molecule has 0 amide bonds. The fraction of sp³-hybridized carbons (Fsp3) is 0.429. The average molecular weight is 277 g/mol. The van der Waals surface area contributed by atoms with Crippen LogP contribution in [0.15, 0.2) is 35.5 Å². The van der Waals surface area contributed by atoms with Gasteiger partial charge in [0.1, 0.15) is 5.82 Å². The van der Waals surface area contributed by atoms with Crippen LogP contribution in [0.3, 0.4) is 0 Å². The minimum Gasteiger partial charge on any atom is -0.307 e. The third kappa shape index (κ3) is 2.76. The maximum absolute atomic E-state index is 12.6. The van der Waals surface area contributed by atoms with Crippen LogP contribution in [-0.4, -0.2) is 19.0 Å². The van der Waals surface area contributed by atoms with Gasteiger partial charge in [0.25, 0.3) is 0 Å². The Kier molecular flexibility index (Phi) is 4.14. The minimum atomic E-state index is -1.20. The summed E-state index contributed by atoms with van der Waals surface area (Å²) in [6.07, 6.45) is 0. The molecule has 102 valence electrons. The number of nitrogens with zero attached hydrogens (tertiary/aromatic N) is 3. The van der Waals surface area contributed by atoms with Crippen LogP contribution < -0.4 is 0 Å². The lowest BCUT2D eigenvalue weighted by Gasteiger charge is -2.11. The summed E-state index contributed by atoms with van der Waals surface area (Å²) >= 11 is 0. The van der Waals surface area contributed by atoms with Gasteiger partial charge in [-0.15, -0.1) is 10.2 Å². The van der Waals surface area contributed by atoms with Crippen molar-refractivity contribution in [1.29, 1.82) is 0 Å². The van der Waals surface area contributed by atoms with Gasteiger partial charge in [0.05, 0.1) is 16.0 Å². The van der Waals surface area contributed by atoms with Gasteiger partial charge in [-0.3, -0.25) is 4.21 Å². The highest BCUT2D eigenvalue weighted by Gasteiger charge is 2.22. The van der Waals surface area contributed by atoms with Crippen LogP contribution in [0.5, 0.6) is 0 Å². The lowest BCUT2D eigenvalue weighted by Crippen LogP contribution is -2.10. The third-order valence-corrected chi connectivity index (χ3v) is 4.78. The van der Waals surface area contributed by atoms with Crippen LogP contribution in [0.25, 0.3) is 0 Å². The first kappa shape index (κ1) is 13.9. The molecule has 1 aromatic carbocycles. The van der Waals surface area contributed by atoms with Gasteiger partial charge < -0.3 is 4.57 Å². The first-order valence-electron chi connectivity index (χ1n) is 6.37. The summed E-state index contributed by atoms with van der Waals surface area (Å²) in [5.41, 5.74) is 1.05. The van der Waals surface area contributed by atoms with E-state index in [-0.39, 0.29) is 11.2 Å². The summed E-state index contributed by atoms with van der Waals surface area (Å²) in [6.45, 7) is 6.06. The van der Waals surface area contributed by atoms with Gasteiger partial charge in [0.2, 0.25) is 5.16 Å². The zero-order chi connectivity index (χ0) is 14.0. The molecule has 0 saturated heterocycles. The molecule has 0 aliphatic heterocycles. The molecule has 0 saturated carbocycles. The first-order chi connectivity index (χ1) is 9.02. The number of hydrogen-bond donors (Lipinski definition) is 0. The number of aromatic nitrogens is 3. The summed E-state index contributed by atoms with van der Waals surface area (Å²) in [6, 6.07) is 9.85. The molecule has 0 radical (unpaired) electrons. The fourth-order valence-corrected chi connectivity index (χ4v) is 3.22. The van der Waals surface area contributed by atoms with Crippen molar-refractivity contribution in [2.45, 2.75) is 37.1 Å². The molecule has 0 N–H and O–H groups in total. The van der Waals surface area contributed by atoms with Gasteiger partial charge >= 0.3 is 0 Å². The average Bonchev–Trinajstić information content (AvgIpc) is 2.80. The van der Waals surface area contributed by atoms with Crippen LogP contribution in [0, 0.1) is 0 Å². The molecule has 0 bridgehead atoms. The van der Waals surface area contributed by atoms with E-state index in [9.17, 15) is 4.21 Å². The van der Waals surface area contributed by atoms with Crippen LogP contribution in [-0.2, 0) is 17.8 Å². The minimum absolute atomic E-state index is 0.0934. The van der Waals surface area contributed by atoms with Crippen molar-refractivity contribution in [2.24, 2.45) is 7.05 Å². The van der Waals surface area contributed by atoms with E-state index in [4.69, 9.17) is 0 Å². The Morgan fingerprint density at radius 3 is 2.26 bits per heavy atom. The summed E-state index contributed by atoms with van der Waals surface area (Å²) in [5.74, 6) is 1.14. The maximum Gasteiger partial charge on any atom is 0.221 e. The Morgan fingerprint density at radius 1 is 1.11 bits per heavy atom. The monoisotopic (exact) mass is 277 g/mol. The van der Waals surface area contributed by atoms with E-state index in [1.54, 1.807) is 0 Å². The lowest BCUT2D eigenvalue weighted by atomic mass is 10.2. The van der Waals surface area contributed by atoms with Crippen LogP contribution in [0.4, 0.5) is 0 Å². The van der Waals surface area contributed by atoms with Crippen LogP contribution in [0.2, 0.25) is 0 Å². The zero-order valence-electron chi connectivity index (χ0n) is 11.7. The van der Waals surface area contributed by atoms with E-state index in [2.05, 4.69) is 24.0 Å². The van der Waals surface area contributed by atoms with Crippen molar-refractivity contribution in [3.63, 3.8) is 0 Å². The predicted octanol–water partition coefficient (Wildman–Crippen LogP) is 2.81. The summed E-state index contributed by atoms with van der Waals surface area (Å²) in [4.78, 5) is 0. The molecule has 2 aromatic rings. The lowest BCUT2D eigenvalue weighted by molar-refractivity contribution is 0.642. The maximum atomic E-state index is 12.6. The Labute approximate surface area is 116 Å². The number of rotatable bonds is 4. The van der Waals surface area contributed by atoms with Gasteiger partial charge in [-0.25, -0.2) is 0 Å². The predicted molar refractivity (Wildman–Crippen MR) is 76.4 cm³/mol. The molecule has 2 rings (SSSR count). The molecule has 1 aromatic heterocycles. The van der Waals surface area contributed by atoms with Gasteiger partial charge in [0, 0.05) is 13.0 Å². The SMILES string of the molecule is CC(C)c1nnc([S@](=O)[C@H](C)c2ccccc2)n1C. The van der Waals surface area contributed by atoms with E-state index in [0.717, 1.165) is 11.4 Å². The van der Waals surface area contributed by atoms with E-state index in [1.807, 2.05) is 48.9 Å². The summed E-state index contributed by atoms with van der Waals surface area (Å²) in [5, 5.41) is 8.68. The highest BCUT2D eigenvalue weighted by Crippen LogP contribution is 2.24. The second-order valence-corrected chi connectivity index (χ2v) is 6.57. The molecule has 2 atom stereocenters. The van der Waals surface area contributed by atoms with Gasteiger partial charge in [-0.05, 0) is 12.5 Å². The molecule has 4 nitrogen and oxygen atoms in total. The smallest absolute Gasteiger partial charge is 0.221 e. The zero-order valence-corrected chi connectivity index (χ0v) is 12.5. The molecule has 0 aliphatic rings. The first-order valence-corrected chi connectivity index (χ1v) is 7.58. The second kappa shape index (κ2) is 5.65. The Balaban J connectivity index is 2.30. The summed E-state index contributed by atoms with van der Waals surface area (Å²) < 4.78 is 14.4. The Bertz CT molecular complexity index is 578. The van der Waals surface area contributed by atoms with E-state index in [1.165, 1.54) is 0 Å². The standard InChI is InChI=1S/C14H19N3OS/c1-10(2)13-15-16-14(17(13)4)19(18)11(3)12-8-6-5-7-9-12/h5-11H,1-4H3/t11-,19-/m1/s1. The molecular formula is C14H19N3OS. The second-order valence-electron chi connectivity index (χ2n) is 4.90. The van der Waals surface area contributed by atoms with Crippen molar-refractivity contribution in [2.75, 3.05) is 0 Å². The van der Waals surface area contributed by atoms with Crippen molar-refractivity contribution >= 4 is 10.8 Å². The third-order valence-electron chi connectivity index (χ3n) is 3.16. The summed E-state index contributed by atoms with van der Waals surface area (Å²) in [7, 11) is 0.678. The van der Waals surface area contributed by atoms with Crippen molar-refractivity contribution in [1.82, 2.24) is 14.8 Å². The molecule has 0 aliphatic carbocycles. The van der Waals surface area contributed by atoms with Crippen molar-refractivity contribution in [3.8, 4) is 0 Å². The molecular weight excluding hydrogens is 258 g/mol. The molecule has 1 heterocycles. The normalized spacial score (nSPS) is 14.6. The van der Waals surface area contributed by atoms with E-state index >= 15 is 0 Å². The Hall–Kier alpha value is -1.49. The van der Waals surface area contributed by atoms with Crippen molar-refractivity contribution in [3.05, 3.63) is 41.7 Å². The fourth-order valence-electron chi connectivity index (χ4n) is 2.01. The largest absolute Gasteiger partial charge is 0.307 e. The van der Waals surface area contributed by atoms with Gasteiger partial charge in [0.15, 0.2) is 0 Å². The number of benzene rings is 1. The van der Waals surface area contributed by atoms with Crippen LogP contribution >= 0.6 is 0 Å². The van der Waals surface area contributed by atoms with Crippen molar-refractivity contribution < 1.29 is 4.21 Å². The highest BCUT2D eigenvalue weighted by molar-refractivity contribution is 7.85. The molecule has 0 unspecified atom stereocenters. The van der Waals surface area contributed by atoms with Gasteiger partial charge in [-0.1, -0.05) is 44.2 Å². The Morgan fingerprint density at radius 2 is 1.74 bits per heavy atom. The highest BCUT2D eigenvalue weighted by atomic mass is 32.2. The molecule has 19 heavy (non-hydrogen) atoms. The van der Waals surface area contributed by atoms with Gasteiger partial charge in [-0.2, -0.15) is 0 Å².